The average molecular weight is 314 g/mol. The van der Waals surface area contributed by atoms with Crippen molar-refractivity contribution in [1.82, 2.24) is 0 Å². The van der Waals surface area contributed by atoms with Gasteiger partial charge in [-0.1, -0.05) is 60.4 Å². The van der Waals surface area contributed by atoms with Crippen LogP contribution >= 0.6 is 0 Å². The topological polar surface area (TPSA) is 29.5 Å². The molecule has 0 fully saturated rings. The van der Waals surface area contributed by atoms with Crippen LogP contribution in [0, 0.1) is 11.8 Å². The quantitative estimate of drug-likeness (QED) is 0.708. The van der Waals surface area contributed by atoms with Crippen LogP contribution in [0.25, 0.3) is 0 Å². The molecular weight excluding hydrogens is 296 g/mol. The van der Waals surface area contributed by atoms with E-state index in [2.05, 4.69) is 11.8 Å². The number of hydrogen-bond acceptors (Lipinski definition) is 2. The van der Waals surface area contributed by atoms with E-state index in [0.717, 1.165) is 22.6 Å². The number of ether oxygens (including phenoxy) is 1. The van der Waals surface area contributed by atoms with E-state index in [0.29, 0.717) is 0 Å². The van der Waals surface area contributed by atoms with E-state index in [9.17, 15) is 5.11 Å². The van der Waals surface area contributed by atoms with Gasteiger partial charge in [-0.25, -0.2) is 0 Å². The fourth-order valence-electron chi connectivity index (χ4n) is 2.26. The van der Waals surface area contributed by atoms with E-state index in [4.69, 9.17) is 4.74 Å². The second-order valence-electron chi connectivity index (χ2n) is 5.63. The van der Waals surface area contributed by atoms with E-state index in [-0.39, 0.29) is 0 Å². The lowest BCUT2D eigenvalue weighted by Crippen LogP contribution is -2.18. The third-order valence-corrected chi connectivity index (χ3v) is 3.62. The lowest BCUT2D eigenvalue weighted by molar-refractivity contribution is 0.122. The molecule has 0 amide bonds. The molecule has 3 aromatic rings. The molecule has 0 bridgehead atoms. The molecule has 2 nitrogen and oxygen atoms in total. The van der Waals surface area contributed by atoms with Gasteiger partial charge in [-0.15, -0.1) is 0 Å². The summed E-state index contributed by atoms with van der Waals surface area (Å²) in [5.41, 5.74) is 0.425. The summed E-state index contributed by atoms with van der Waals surface area (Å²) in [4.78, 5) is 0. The first-order valence-corrected chi connectivity index (χ1v) is 7.77. The Labute approximate surface area is 142 Å². The maximum atomic E-state index is 10.5. The number of benzene rings is 3. The summed E-state index contributed by atoms with van der Waals surface area (Å²) in [7, 11) is 0. The molecule has 1 N–H and O–H groups in total. The van der Waals surface area contributed by atoms with Crippen LogP contribution in [0.5, 0.6) is 11.5 Å². The van der Waals surface area contributed by atoms with Crippen molar-refractivity contribution in [3.05, 3.63) is 96.1 Å². The second-order valence-corrected chi connectivity index (χ2v) is 5.63. The number of para-hydroxylation sites is 1. The van der Waals surface area contributed by atoms with Crippen molar-refractivity contribution >= 4 is 0 Å². The minimum atomic E-state index is -1.18. The van der Waals surface area contributed by atoms with Crippen molar-refractivity contribution in [3.8, 4) is 23.3 Å². The summed E-state index contributed by atoms with van der Waals surface area (Å²) >= 11 is 0. The Kier molecular flexibility index (Phi) is 4.65. The molecule has 2 heteroatoms. The van der Waals surface area contributed by atoms with Crippen LogP contribution in [0.15, 0.2) is 84.9 Å². The predicted molar refractivity (Wildman–Crippen MR) is 95.8 cm³/mol. The summed E-state index contributed by atoms with van der Waals surface area (Å²) in [6, 6.07) is 26.6. The molecule has 0 heterocycles. The SMILES string of the molecule is CC(O)(C#Cc1ccc(Oc2ccccc2)cc1)c1ccccc1. The highest BCUT2D eigenvalue weighted by Crippen LogP contribution is 2.22. The minimum Gasteiger partial charge on any atom is -0.457 e. The standard InChI is InChI=1S/C22H18O2/c1-22(23,19-8-4-2-5-9-19)17-16-18-12-14-21(15-13-18)24-20-10-6-3-7-11-20/h2-15,23H,1H3. The highest BCUT2D eigenvalue weighted by molar-refractivity contribution is 5.42. The van der Waals surface area contributed by atoms with Crippen LogP contribution in [0.3, 0.4) is 0 Å². The van der Waals surface area contributed by atoms with Gasteiger partial charge in [0.2, 0.25) is 0 Å². The second kappa shape index (κ2) is 7.04. The zero-order chi connectivity index (χ0) is 16.8. The summed E-state index contributed by atoms with van der Waals surface area (Å²) in [6.45, 7) is 1.70. The highest BCUT2D eigenvalue weighted by Gasteiger charge is 2.18. The van der Waals surface area contributed by atoms with Crippen LogP contribution in [0.4, 0.5) is 0 Å². The van der Waals surface area contributed by atoms with Gasteiger partial charge in [-0.3, -0.25) is 0 Å². The highest BCUT2D eigenvalue weighted by atomic mass is 16.5. The molecule has 0 aliphatic carbocycles. The van der Waals surface area contributed by atoms with E-state index in [1.54, 1.807) is 6.92 Å². The maximum Gasteiger partial charge on any atom is 0.148 e. The maximum absolute atomic E-state index is 10.5. The van der Waals surface area contributed by atoms with Crippen molar-refractivity contribution in [2.75, 3.05) is 0 Å². The number of aliphatic hydroxyl groups is 1. The van der Waals surface area contributed by atoms with Crippen LogP contribution in [0.2, 0.25) is 0 Å². The lowest BCUT2D eigenvalue weighted by Gasteiger charge is -2.16. The van der Waals surface area contributed by atoms with Gasteiger partial charge in [0.1, 0.15) is 17.1 Å². The first-order chi connectivity index (χ1) is 11.6. The monoisotopic (exact) mass is 314 g/mol. The molecule has 0 aliphatic heterocycles. The molecule has 0 aromatic heterocycles. The Morgan fingerprint density at radius 3 is 1.92 bits per heavy atom. The Morgan fingerprint density at radius 1 is 0.750 bits per heavy atom. The molecule has 118 valence electrons. The largest absolute Gasteiger partial charge is 0.457 e. The normalized spacial score (nSPS) is 12.6. The number of rotatable bonds is 3. The van der Waals surface area contributed by atoms with Gasteiger partial charge in [-0.05, 0) is 48.9 Å². The summed E-state index contributed by atoms with van der Waals surface area (Å²) < 4.78 is 5.75. The van der Waals surface area contributed by atoms with Crippen LogP contribution in [0.1, 0.15) is 18.1 Å². The third-order valence-electron chi connectivity index (χ3n) is 3.62. The molecule has 1 unspecified atom stereocenters. The van der Waals surface area contributed by atoms with Crippen molar-refractivity contribution in [2.24, 2.45) is 0 Å². The average Bonchev–Trinajstić information content (AvgIpc) is 2.63. The number of hydrogen-bond donors (Lipinski definition) is 1. The van der Waals surface area contributed by atoms with Gasteiger partial charge in [0.25, 0.3) is 0 Å². The van der Waals surface area contributed by atoms with Crippen LogP contribution < -0.4 is 4.74 Å². The van der Waals surface area contributed by atoms with E-state index >= 15 is 0 Å². The third kappa shape index (κ3) is 4.04. The van der Waals surface area contributed by atoms with Crippen molar-refractivity contribution in [2.45, 2.75) is 12.5 Å². The van der Waals surface area contributed by atoms with Gasteiger partial charge in [0.05, 0.1) is 0 Å². The Bertz CT molecular complexity index is 839. The smallest absolute Gasteiger partial charge is 0.148 e. The molecule has 0 saturated carbocycles. The predicted octanol–water partition coefficient (Wildman–Crippen LogP) is 4.74. The molecule has 1 atom stereocenters. The van der Waals surface area contributed by atoms with E-state index in [1.807, 2.05) is 84.9 Å². The minimum absolute atomic E-state index is 0.751. The molecule has 3 aromatic carbocycles. The molecule has 3 rings (SSSR count). The lowest BCUT2D eigenvalue weighted by atomic mass is 9.96. The molecule has 0 spiro atoms. The first kappa shape index (κ1) is 15.9. The zero-order valence-corrected chi connectivity index (χ0v) is 13.4. The molecule has 0 radical (unpaired) electrons. The van der Waals surface area contributed by atoms with Gasteiger partial charge < -0.3 is 9.84 Å². The van der Waals surface area contributed by atoms with Gasteiger partial charge >= 0.3 is 0 Å². The first-order valence-electron chi connectivity index (χ1n) is 7.77. The molecular formula is C22H18O2. The fraction of sp³-hybridized carbons (Fsp3) is 0.0909. The fourth-order valence-corrected chi connectivity index (χ4v) is 2.26. The van der Waals surface area contributed by atoms with Crippen LogP contribution in [-0.4, -0.2) is 5.11 Å². The Balaban J connectivity index is 1.73. The van der Waals surface area contributed by atoms with Gasteiger partial charge in [0.15, 0.2) is 0 Å². The van der Waals surface area contributed by atoms with E-state index < -0.39 is 5.60 Å². The Hall–Kier alpha value is -3.02. The molecule has 24 heavy (non-hydrogen) atoms. The summed E-state index contributed by atoms with van der Waals surface area (Å²) in [6.07, 6.45) is 0. The zero-order valence-electron chi connectivity index (χ0n) is 13.4. The summed E-state index contributed by atoms with van der Waals surface area (Å²) in [5.74, 6) is 7.49. The van der Waals surface area contributed by atoms with Crippen molar-refractivity contribution in [3.63, 3.8) is 0 Å². The van der Waals surface area contributed by atoms with E-state index in [1.165, 1.54) is 0 Å². The van der Waals surface area contributed by atoms with Crippen LogP contribution in [-0.2, 0) is 5.60 Å². The van der Waals surface area contributed by atoms with Gasteiger partial charge in [-0.2, -0.15) is 0 Å². The van der Waals surface area contributed by atoms with Crippen molar-refractivity contribution in [1.29, 1.82) is 0 Å². The molecule has 0 aliphatic rings. The molecule has 0 saturated heterocycles. The Morgan fingerprint density at radius 2 is 1.29 bits per heavy atom. The van der Waals surface area contributed by atoms with Gasteiger partial charge in [0, 0.05) is 5.56 Å². The van der Waals surface area contributed by atoms with Crippen molar-refractivity contribution < 1.29 is 9.84 Å². The summed E-state index contributed by atoms with van der Waals surface area (Å²) in [5, 5.41) is 10.5.